The number of carbonyl (C=O) groups excluding carboxylic acids is 1. The van der Waals surface area contributed by atoms with E-state index in [1.54, 1.807) is 7.11 Å². The molecular weight excluding hydrogens is 400 g/mol. The molecule has 0 spiro atoms. The zero-order valence-corrected chi connectivity index (χ0v) is 16.9. The summed E-state index contributed by atoms with van der Waals surface area (Å²) in [6.07, 6.45) is 5.90. The number of fused-ring (bicyclic) bond motifs is 2. The maximum atomic E-state index is 12.7. The summed E-state index contributed by atoms with van der Waals surface area (Å²) in [5.41, 5.74) is 2.20. The van der Waals surface area contributed by atoms with Gasteiger partial charge in [0.05, 0.1) is 11.6 Å². The summed E-state index contributed by atoms with van der Waals surface area (Å²) in [7, 11) is 3.71. The lowest BCUT2D eigenvalue weighted by atomic mass is 9.89. The Hall–Kier alpha value is -1.47. The zero-order valence-electron chi connectivity index (χ0n) is 15.3. The molecule has 1 fully saturated rings. The van der Waals surface area contributed by atoms with Crippen LogP contribution in [0.5, 0.6) is 17.2 Å². The fourth-order valence-electron chi connectivity index (χ4n) is 4.38. The maximum absolute atomic E-state index is 12.7. The second kappa shape index (κ2) is 7.27. The third kappa shape index (κ3) is 3.05. The number of hydrogen-bond donors (Lipinski definition) is 1. The molecule has 1 unspecified atom stereocenters. The Morgan fingerprint density at radius 3 is 2.77 bits per heavy atom. The van der Waals surface area contributed by atoms with Crippen molar-refractivity contribution in [1.82, 2.24) is 10.2 Å². The van der Waals surface area contributed by atoms with E-state index in [1.165, 1.54) is 12.8 Å². The van der Waals surface area contributed by atoms with Crippen molar-refractivity contribution in [3.8, 4) is 17.2 Å². The Morgan fingerprint density at radius 2 is 2.04 bits per heavy atom. The number of hydrogen-bond acceptors (Lipinski definition) is 5. The highest BCUT2D eigenvalue weighted by Gasteiger charge is 2.37. The quantitative estimate of drug-likeness (QED) is 0.803. The van der Waals surface area contributed by atoms with Gasteiger partial charge < -0.3 is 19.5 Å². The van der Waals surface area contributed by atoms with Gasteiger partial charge in [0.2, 0.25) is 18.4 Å². The summed E-state index contributed by atoms with van der Waals surface area (Å²) in [4.78, 5) is 14.9. The fraction of sp³-hybridized carbons (Fsp3) is 0.632. The van der Waals surface area contributed by atoms with Crippen LogP contribution in [0, 0.1) is 0 Å². The fourth-order valence-corrected chi connectivity index (χ4v) is 5.09. The van der Waals surface area contributed by atoms with Gasteiger partial charge in [-0.2, -0.15) is 0 Å². The summed E-state index contributed by atoms with van der Waals surface area (Å²) in [6.45, 7) is 1.08. The number of nitrogens with one attached hydrogen (secondary N) is 1. The topological polar surface area (TPSA) is 60.0 Å². The van der Waals surface area contributed by atoms with E-state index in [4.69, 9.17) is 14.2 Å². The van der Waals surface area contributed by atoms with Gasteiger partial charge in [0.1, 0.15) is 0 Å². The number of halogens is 1. The van der Waals surface area contributed by atoms with Gasteiger partial charge in [0.15, 0.2) is 11.5 Å². The average Bonchev–Trinajstić information content (AvgIpc) is 3.30. The van der Waals surface area contributed by atoms with Crippen LogP contribution in [0.25, 0.3) is 0 Å². The lowest BCUT2D eigenvalue weighted by Crippen LogP contribution is -2.39. The van der Waals surface area contributed by atoms with Crippen LogP contribution >= 0.6 is 15.9 Å². The number of ether oxygens (including phenoxy) is 3. The van der Waals surface area contributed by atoms with E-state index in [1.807, 2.05) is 0 Å². The van der Waals surface area contributed by atoms with Crippen LogP contribution in [-0.4, -0.2) is 44.3 Å². The second-order valence-corrected chi connectivity index (χ2v) is 8.10. The van der Waals surface area contributed by atoms with Crippen molar-refractivity contribution in [1.29, 1.82) is 0 Å². The Bertz CT molecular complexity index is 718. The molecule has 0 aromatic heterocycles. The van der Waals surface area contributed by atoms with Gasteiger partial charge in [0.25, 0.3) is 0 Å². The zero-order chi connectivity index (χ0) is 18.3. The van der Waals surface area contributed by atoms with Crippen molar-refractivity contribution in [2.45, 2.75) is 50.6 Å². The van der Waals surface area contributed by atoms with Crippen molar-refractivity contribution in [3.05, 3.63) is 15.6 Å². The summed E-state index contributed by atoms with van der Waals surface area (Å²) in [5.74, 6) is 2.15. The van der Waals surface area contributed by atoms with Gasteiger partial charge in [-0.25, -0.2) is 0 Å². The molecule has 3 aliphatic rings. The standard InChI is InChI=1S/C19H25BrN2O4/c1-22-8-7-12-15(13(22)9-14(23)21-11-5-3-4-6-11)17(24-2)19-18(16(12)20)25-10-26-19/h11,13H,3-10H2,1-2H3,(H,21,23). The number of carbonyl (C=O) groups is 1. The molecule has 1 atom stereocenters. The molecule has 2 heterocycles. The minimum absolute atomic E-state index is 0.0408. The average molecular weight is 425 g/mol. The molecule has 1 amide bonds. The maximum Gasteiger partial charge on any atom is 0.231 e. The lowest BCUT2D eigenvalue weighted by Gasteiger charge is -2.36. The van der Waals surface area contributed by atoms with Crippen molar-refractivity contribution in [2.24, 2.45) is 0 Å². The van der Waals surface area contributed by atoms with E-state index < -0.39 is 0 Å². The van der Waals surface area contributed by atoms with Crippen molar-refractivity contribution >= 4 is 21.8 Å². The smallest absolute Gasteiger partial charge is 0.231 e. The first-order valence-electron chi connectivity index (χ1n) is 9.27. The van der Waals surface area contributed by atoms with Gasteiger partial charge in [-0.15, -0.1) is 0 Å². The van der Waals surface area contributed by atoms with Crippen molar-refractivity contribution in [2.75, 3.05) is 27.5 Å². The molecule has 7 heteroatoms. The van der Waals surface area contributed by atoms with Crippen LogP contribution in [0.1, 0.15) is 49.3 Å². The molecule has 1 N–H and O–H groups in total. The number of likely N-dealkylation sites (N-methyl/N-ethyl adjacent to an activating group) is 1. The molecule has 1 aromatic rings. The minimum atomic E-state index is -0.0408. The van der Waals surface area contributed by atoms with Crippen LogP contribution in [0.2, 0.25) is 0 Å². The summed E-state index contributed by atoms with van der Waals surface area (Å²) in [6, 6.07) is 0.294. The lowest BCUT2D eigenvalue weighted by molar-refractivity contribution is -0.123. The molecular formula is C19H25BrN2O4. The molecule has 0 saturated heterocycles. The Morgan fingerprint density at radius 1 is 1.31 bits per heavy atom. The number of amides is 1. The van der Waals surface area contributed by atoms with Gasteiger partial charge in [-0.1, -0.05) is 12.8 Å². The van der Waals surface area contributed by atoms with E-state index >= 15 is 0 Å². The number of methoxy groups -OCH3 is 1. The number of rotatable bonds is 4. The SMILES string of the molecule is COc1c2c(c(Br)c3c1C(CC(=O)NC1CCCC1)N(C)CC3)OCO2. The van der Waals surface area contributed by atoms with Crippen molar-refractivity contribution in [3.63, 3.8) is 0 Å². The number of nitrogens with zero attached hydrogens (tertiary/aromatic N) is 1. The Labute approximate surface area is 162 Å². The molecule has 26 heavy (non-hydrogen) atoms. The minimum Gasteiger partial charge on any atom is -0.492 e. The number of benzene rings is 1. The van der Waals surface area contributed by atoms with Gasteiger partial charge in [-0.3, -0.25) is 9.69 Å². The first kappa shape index (κ1) is 17.9. The Kier molecular flexibility index (Phi) is 5.01. The molecule has 0 bridgehead atoms. The molecule has 2 aliphatic heterocycles. The highest BCUT2D eigenvalue weighted by molar-refractivity contribution is 9.10. The highest BCUT2D eigenvalue weighted by Crippen LogP contribution is 2.54. The normalized spacial score (nSPS) is 22.3. The summed E-state index contributed by atoms with van der Waals surface area (Å²) < 4.78 is 17.9. The predicted octanol–water partition coefficient (Wildman–Crippen LogP) is 3.16. The third-order valence-electron chi connectivity index (χ3n) is 5.74. The third-order valence-corrected chi connectivity index (χ3v) is 6.57. The van der Waals surface area contributed by atoms with E-state index in [-0.39, 0.29) is 18.7 Å². The monoisotopic (exact) mass is 424 g/mol. The van der Waals surface area contributed by atoms with E-state index in [0.717, 1.165) is 41.4 Å². The predicted molar refractivity (Wildman–Crippen MR) is 101 cm³/mol. The largest absolute Gasteiger partial charge is 0.492 e. The van der Waals surface area contributed by atoms with E-state index in [0.29, 0.717) is 29.7 Å². The van der Waals surface area contributed by atoms with E-state index in [9.17, 15) is 4.79 Å². The second-order valence-electron chi connectivity index (χ2n) is 7.30. The molecule has 142 valence electrons. The van der Waals surface area contributed by atoms with E-state index in [2.05, 4.69) is 33.2 Å². The first-order valence-corrected chi connectivity index (χ1v) is 10.1. The molecule has 6 nitrogen and oxygen atoms in total. The molecule has 1 aliphatic carbocycles. The summed E-state index contributed by atoms with van der Waals surface area (Å²) in [5, 5.41) is 3.21. The van der Waals surface area contributed by atoms with Crippen LogP contribution in [0.3, 0.4) is 0 Å². The van der Waals surface area contributed by atoms with Gasteiger partial charge >= 0.3 is 0 Å². The van der Waals surface area contributed by atoms with Crippen LogP contribution in [-0.2, 0) is 11.2 Å². The van der Waals surface area contributed by atoms with Gasteiger partial charge in [0, 0.05) is 30.6 Å². The van der Waals surface area contributed by atoms with Crippen LogP contribution in [0.4, 0.5) is 0 Å². The molecule has 4 rings (SSSR count). The molecule has 0 radical (unpaired) electrons. The van der Waals surface area contributed by atoms with Crippen LogP contribution < -0.4 is 19.5 Å². The first-order chi connectivity index (χ1) is 12.6. The van der Waals surface area contributed by atoms with Crippen LogP contribution in [0.15, 0.2) is 4.47 Å². The van der Waals surface area contributed by atoms with Crippen molar-refractivity contribution < 1.29 is 19.0 Å². The Balaban J connectivity index is 1.67. The summed E-state index contributed by atoms with van der Waals surface area (Å²) >= 11 is 3.69. The molecule has 1 saturated carbocycles. The van der Waals surface area contributed by atoms with Gasteiger partial charge in [-0.05, 0) is 47.8 Å². The molecule has 1 aromatic carbocycles. The highest BCUT2D eigenvalue weighted by atomic mass is 79.9.